The lowest BCUT2D eigenvalue weighted by Gasteiger charge is -2.11. The highest BCUT2D eigenvalue weighted by atomic mass is 32.1. The van der Waals surface area contributed by atoms with Gasteiger partial charge in [0.2, 0.25) is 5.91 Å². The van der Waals surface area contributed by atoms with Crippen LogP contribution < -0.4 is 10.6 Å². The first-order chi connectivity index (χ1) is 12.6. The van der Waals surface area contributed by atoms with Crippen LogP contribution in [-0.4, -0.2) is 11.8 Å². The van der Waals surface area contributed by atoms with Crippen LogP contribution in [0.4, 0.5) is 11.4 Å². The fourth-order valence-electron chi connectivity index (χ4n) is 2.43. The first-order valence-electron chi connectivity index (χ1n) is 8.10. The highest BCUT2D eigenvalue weighted by molar-refractivity contribution is 7.08. The van der Waals surface area contributed by atoms with E-state index in [1.165, 1.54) is 6.08 Å². The van der Waals surface area contributed by atoms with E-state index in [2.05, 4.69) is 10.6 Å². The summed E-state index contributed by atoms with van der Waals surface area (Å²) in [7, 11) is 0. The fraction of sp³-hybridized carbons (Fsp3) is 0.0476. The van der Waals surface area contributed by atoms with Crippen LogP contribution in [0.25, 0.3) is 6.08 Å². The van der Waals surface area contributed by atoms with Gasteiger partial charge >= 0.3 is 0 Å². The van der Waals surface area contributed by atoms with E-state index in [4.69, 9.17) is 0 Å². The van der Waals surface area contributed by atoms with Crippen molar-refractivity contribution < 1.29 is 9.59 Å². The lowest BCUT2D eigenvalue weighted by molar-refractivity contribution is -0.111. The molecule has 3 aromatic rings. The molecule has 2 aromatic carbocycles. The van der Waals surface area contributed by atoms with Gasteiger partial charge in [-0.25, -0.2) is 0 Å². The number of amides is 2. The molecular weight excluding hydrogens is 344 g/mol. The monoisotopic (exact) mass is 362 g/mol. The highest BCUT2D eigenvalue weighted by Crippen LogP contribution is 2.18. The molecule has 0 saturated heterocycles. The van der Waals surface area contributed by atoms with Crippen LogP contribution in [-0.2, 0) is 4.79 Å². The molecule has 0 aliphatic carbocycles. The van der Waals surface area contributed by atoms with Crippen molar-refractivity contribution >= 4 is 40.6 Å². The molecule has 3 rings (SSSR count). The van der Waals surface area contributed by atoms with Crippen LogP contribution in [0.15, 0.2) is 71.4 Å². The number of aryl methyl sites for hydroxylation is 1. The van der Waals surface area contributed by atoms with Crippen molar-refractivity contribution in [1.82, 2.24) is 0 Å². The van der Waals surface area contributed by atoms with Crippen LogP contribution in [0.5, 0.6) is 0 Å². The van der Waals surface area contributed by atoms with Gasteiger partial charge in [0.05, 0.1) is 11.3 Å². The minimum atomic E-state index is -0.285. The Labute approximate surface area is 156 Å². The maximum absolute atomic E-state index is 12.6. The van der Waals surface area contributed by atoms with Gasteiger partial charge in [0, 0.05) is 11.8 Å². The van der Waals surface area contributed by atoms with Crippen molar-refractivity contribution in [2.45, 2.75) is 6.92 Å². The van der Waals surface area contributed by atoms with Gasteiger partial charge in [-0.15, -0.1) is 0 Å². The van der Waals surface area contributed by atoms with Crippen molar-refractivity contribution in [3.8, 4) is 0 Å². The average molecular weight is 362 g/mol. The van der Waals surface area contributed by atoms with Gasteiger partial charge in [0.15, 0.2) is 0 Å². The quantitative estimate of drug-likeness (QED) is 0.630. The van der Waals surface area contributed by atoms with E-state index in [0.29, 0.717) is 16.9 Å². The molecule has 2 amide bonds. The Kier molecular flexibility index (Phi) is 5.61. The van der Waals surface area contributed by atoms with E-state index in [-0.39, 0.29) is 11.8 Å². The molecule has 4 nitrogen and oxygen atoms in total. The zero-order chi connectivity index (χ0) is 18.4. The minimum Gasteiger partial charge on any atom is -0.322 e. The van der Waals surface area contributed by atoms with Gasteiger partial charge in [-0.05, 0) is 65.2 Å². The summed E-state index contributed by atoms with van der Waals surface area (Å²) in [6, 6.07) is 16.4. The summed E-state index contributed by atoms with van der Waals surface area (Å²) in [4.78, 5) is 24.8. The molecule has 0 fully saturated rings. The lowest BCUT2D eigenvalue weighted by Crippen LogP contribution is -2.17. The maximum atomic E-state index is 12.6. The van der Waals surface area contributed by atoms with E-state index in [1.807, 2.05) is 48.0 Å². The Balaban J connectivity index is 1.73. The largest absolute Gasteiger partial charge is 0.322 e. The molecule has 2 N–H and O–H groups in total. The number of thiophene rings is 1. The van der Waals surface area contributed by atoms with E-state index in [1.54, 1.807) is 41.7 Å². The zero-order valence-electron chi connectivity index (χ0n) is 14.2. The van der Waals surface area contributed by atoms with Gasteiger partial charge < -0.3 is 10.6 Å². The molecule has 1 aromatic heterocycles. The van der Waals surface area contributed by atoms with Crippen molar-refractivity contribution in [1.29, 1.82) is 0 Å². The summed E-state index contributed by atoms with van der Waals surface area (Å²) in [5.41, 5.74) is 3.62. The summed E-state index contributed by atoms with van der Waals surface area (Å²) < 4.78 is 0. The first-order valence-corrected chi connectivity index (χ1v) is 9.04. The summed E-state index contributed by atoms with van der Waals surface area (Å²) in [6.07, 6.45) is 3.19. The minimum absolute atomic E-state index is 0.270. The van der Waals surface area contributed by atoms with Gasteiger partial charge in [0.25, 0.3) is 5.91 Å². The van der Waals surface area contributed by atoms with Crippen molar-refractivity contribution in [2.24, 2.45) is 0 Å². The molecule has 26 heavy (non-hydrogen) atoms. The molecule has 0 radical (unpaired) electrons. The highest BCUT2D eigenvalue weighted by Gasteiger charge is 2.12. The predicted molar refractivity (Wildman–Crippen MR) is 108 cm³/mol. The number of nitrogens with one attached hydrogen (secondary N) is 2. The number of benzene rings is 2. The van der Waals surface area contributed by atoms with Gasteiger partial charge in [-0.1, -0.05) is 24.3 Å². The predicted octanol–water partition coefficient (Wildman–Crippen LogP) is 4.96. The number of anilines is 2. The topological polar surface area (TPSA) is 58.2 Å². The van der Waals surface area contributed by atoms with E-state index in [9.17, 15) is 9.59 Å². The molecule has 0 aliphatic rings. The third-order valence-corrected chi connectivity index (χ3v) is 4.38. The number of rotatable bonds is 5. The number of hydrogen-bond acceptors (Lipinski definition) is 3. The number of carbonyl (C=O) groups is 2. The summed E-state index contributed by atoms with van der Waals surface area (Å²) in [5.74, 6) is -0.555. The van der Waals surface area contributed by atoms with Gasteiger partial charge in [0.1, 0.15) is 0 Å². The molecule has 0 bridgehead atoms. The molecule has 130 valence electrons. The number of carbonyl (C=O) groups excluding carboxylic acids is 2. The van der Waals surface area contributed by atoms with E-state index in [0.717, 1.165) is 11.1 Å². The van der Waals surface area contributed by atoms with Crippen LogP contribution in [0, 0.1) is 6.92 Å². The van der Waals surface area contributed by atoms with Crippen LogP contribution in [0.1, 0.15) is 21.5 Å². The second-order valence-electron chi connectivity index (χ2n) is 5.75. The molecule has 0 atom stereocenters. The molecule has 0 saturated carbocycles. The Hall–Kier alpha value is -3.18. The van der Waals surface area contributed by atoms with Gasteiger partial charge in [-0.3, -0.25) is 9.59 Å². The summed E-state index contributed by atoms with van der Waals surface area (Å²) in [5, 5.41) is 9.53. The Morgan fingerprint density at radius 3 is 2.62 bits per heavy atom. The van der Waals surface area contributed by atoms with E-state index < -0.39 is 0 Å². The fourth-order valence-corrected chi connectivity index (χ4v) is 3.06. The Bertz CT molecular complexity index is 946. The third kappa shape index (κ3) is 4.68. The van der Waals surface area contributed by atoms with Crippen LogP contribution in [0.3, 0.4) is 0 Å². The summed E-state index contributed by atoms with van der Waals surface area (Å²) >= 11 is 1.57. The first kappa shape index (κ1) is 17.6. The standard InChI is InChI=1S/C21H18N2O2S/c1-15-5-4-6-17(13-15)22-21(25)18-7-2-3-8-19(18)23-20(24)10-9-16-11-12-26-14-16/h2-14H,1H3,(H,22,25)(H,23,24)/b10-9+. The van der Waals surface area contributed by atoms with Gasteiger partial charge in [-0.2, -0.15) is 11.3 Å². The van der Waals surface area contributed by atoms with Crippen molar-refractivity contribution in [3.63, 3.8) is 0 Å². The third-order valence-electron chi connectivity index (χ3n) is 3.68. The zero-order valence-corrected chi connectivity index (χ0v) is 15.0. The Morgan fingerprint density at radius 2 is 1.85 bits per heavy atom. The Morgan fingerprint density at radius 1 is 1.00 bits per heavy atom. The molecule has 5 heteroatoms. The molecule has 0 spiro atoms. The number of hydrogen-bond donors (Lipinski definition) is 2. The summed E-state index contributed by atoms with van der Waals surface area (Å²) in [6.45, 7) is 1.96. The molecule has 0 aliphatic heterocycles. The maximum Gasteiger partial charge on any atom is 0.257 e. The second kappa shape index (κ2) is 8.27. The SMILES string of the molecule is Cc1cccc(NC(=O)c2ccccc2NC(=O)/C=C/c2ccsc2)c1. The second-order valence-corrected chi connectivity index (χ2v) is 6.53. The average Bonchev–Trinajstić information content (AvgIpc) is 3.14. The van der Waals surface area contributed by atoms with Crippen LogP contribution in [0.2, 0.25) is 0 Å². The molecular formula is C21H18N2O2S. The van der Waals surface area contributed by atoms with Crippen LogP contribution >= 0.6 is 11.3 Å². The normalized spacial score (nSPS) is 10.7. The van der Waals surface area contributed by atoms with Crippen molar-refractivity contribution in [3.05, 3.63) is 88.1 Å². The lowest BCUT2D eigenvalue weighted by atomic mass is 10.1. The number of para-hydroxylation sites is 1. The smallest absolute Gasteiger partial charge is 0.257 e. The molecule has 1 heterocycles. The van der Waals surface area contributed by atoms with Crippen molar-refractivity contribution in [2.75, 3.05) is 10.6 Å². The molecule has 0 unspecified atom stereocenters. The van der Waals surface area contributed by atoms with E-state index >= 15 is 0 Å².